The Balaban J connectivity index is 2.39. The summed E-state index contributed by atoms with van der Waals surface area (Å²) >= 11 is 11.6. The molecule has 2 rings (SSSR count). The van der Waals surface area contributed by atoms with Gasteiger partial charge in [0.25, 0.3) is 0 Å². The normalized spacial score (nSPS) is 11.3. The molecule has 0 aliphatic carbocycles. The third-order valence-corrected chi connectivity index (χ3v) is 2.86. The summed E-state index contributed by atoms with van der Waals surface area (Å²) in [5.41, 5.74) is -1.12. The molecule has 0 saturated carbocycles. The van der Waals surface area contributed by atoms with Crippen LogP contribution < -0.4 is 10.1 Å². The largest absolute Gasteiger partial charge is 0.437 e. The highest BCUT2D eigenvalue weighted by atomic mass is 35.5. The van der Waals surface area contributed by atoms with E-state index in [-0.39, 0.29) is 22.6 Å². The predicted molar refractivity (Wildman–Crippen MR) is 73.1 cm³/mol. The molecule has 0 aliphatic rings. The summed E-state index contributed by atoms with van der Waals surface area (Å²) in [6.07, 6.45) is -4.61. The van der Waals surface area contributed by atoms with Crippen LogP contribution >= 0.6 is 23.2 Å². The Morgan fingerprint density at radius 3 is 2.43 bits per heavy atom. The van der Waals surface area contributed by atoms with Gasteiger partial charge in [0.15, 0.2) is 5.69 Å². The van der Waals surface area contributed by atoms with Crippen molar-refractivity contribution in [3.63, 3.8) is 0 Å². The first-order valence-corrected chi connectivity index (χ1v) is 6.32. The van der Waals surface area contributed by atoms with Gasteiger partial charge in [0.1, 0.15) is 5.75 Å². The lowest BCUT2D eigenvalue weighted by Crippen LogP contribution is -2.11. The van der Waals surface area contributed by atoms with E-state index in [2.05, 4.69) is 15.3 Å². The third kappa shape index (κ3) is 3.89. The van der Waals surface area contributed by atoms with E-state index in [1.807, 2.05) is 0 Å². The third-order valence-electron chi connectivity index (χ3n) is 2.33. The smallest absolute Gasteiger partial charge is 0.433 e. The molecule has 9 heteroatoms. The van der Waals surface area contributed by atoms with Gasteiger partial charge < -0.3 is 10.1 Å². The van der Waals surface area contributed by atoms with E-state index in [0.717, 1.165) is 0 Å². The minimum absolute atomic E-state index is 0.134. The van der Waals surface area contributed by atoms with Crippen molar-refractivity contribution < 1.29 is 17.9 Å². The number of hydrogen-bond donors (Lipinski definition) is 1. The van der Waals surface area contributed by atoms with Crippen molar-refractivity contribution in [3.05, 3.63) is 40.0 Å². The lowest BCUT2D eigenvalue weighted by Gasteiger charge is -2.11. The summed E-state index contributed by atoms with van der Waals surface area (Å²) < 4.78 is 43.5. The SMILES string of the molecule is CNc1nc(Oc2ccc(Cl)cc2Cl)cc(C(F)(F)F)n1. The lowest BCUT2D eigenvalue weighted by atomic mass is 10.3. The number of alkyl halides is 3. The molecule has 2 aromatic rings. The van der Waals surface area contributed by atoms with Crippen molar-refractivity contribution >= 4 is 29.2 Å². The maximum absolute atomic E-state index is 12.7. The van der Waals surface area contributed by atoms with Crippen molar-refractivity contribution in [2.75, 3.05) is 12.4 Å². The average molecular weight is 338 g/mol. The number of aromatic nitrogens is 2. The Labute approximate surface area is 127 Å². The number of hydrogen-bond acceptors (Lipinski definition) is 4. The van der Waals surface area contributed by atoms with Crippen LogP contribution in [0.1, 0.15) is 5.69 Å². The fourth-order valence-electron chi connectivity index (χ4n) is 1.40. The fraction of sp³-hybridized carbons (Fsp3) is 0.167. The molecule has 21 heavy (non-hydrogen) atoms. The lowest BCUT2D eigenvalue weighted by molar-refractivity contribution is -0.141. The number of rotatable bonds is 3. The molecule has 0 spiro atoms. The molecular weight excluding hydrogens is 330 g/mol. The van der Waals surface area contributed by atoms with Gasteiger partial charge in [-0.05, 0) is 18.2 Å². The van der Waals surface area contributed by atoms with E-state index in [0.29, 0.717) is 11.1 Å². The van der Waals surface area contributed by atoms with E-state index in [4.69, 9.17) is 27.9 Å². The first-order valence-electron chi connectivity index (χ1n) is 5.56. The Hall–Kier alpha value is -1.73. The van der Waals surface area contributed by atoms with Crippen LogP contribution in [0.15, 0.2) is 24.3 Å². The number of anilines is 1. The van der Waals surface area contributed by atoms with Crippen LogP contribution in [0.5, 0.6) is 11.6 Å². The first-order chi connectivity index (χ1) is 9.79. The summed E-state index contributed by atoms with van der Waals surface area (Å²) in [6, 6.07) is 5.02. The van der Waals surface area contributed by atoms with Gasteiger partial charge in [-0.3, -0.25) is 0 Å². The Bertz CT molecular complexity index is 665. The van der Waals surface area contributed by atoms with Gasteiger partial charge in [0.2, 0.25) is 11.8 Å². The molecule has 0 unspecified atom stereocenters. The molecule has 112 valence electrons. The summed E-state index contributed by atoms with van der Waals surface area (Å²) in [4.78, 5) is 7.11. The molecule has 0 aliphatic heterocycles. The zero-order chi connectivity index (χ0) is 15.6. The highest BCUT2D eigenvalue weighted by Crippen LogP contribution is 2.34. The number of nitrogens with one attached hydrogen (secondary N) is 1. The maximum atomic E-state index is 12.7. The molecule has 0 saturated heterocycles. The second-order valence-electron chi connectivity index (χ2n) is 3.84. The van der Waals surface area contributed by atoms with Gasteiger partial charge >= 0.3 is 6.18 Å². The van der Waals surface area contributed by atoms with E-state index < -0.39 is 11.9 Å². The number of nitrogens with zero attached hydrogens (tertiary/aromatic N) is 2. The van der Waals surface area contributed by atoms with E-state index in [1.54, 1.807) is 0 Å². The van der Waals surface area contributed by atoms with Gasteiger partial charge in [-0.15, -0.1) is 0 Å². The van der Waals surface area contributed by atoms with Crippen molar-refractivity contribution in [3.8, 4) is 11.6 Å². The van der Waals surface area contributed by atoms with Gasteiger partial charge in [0.05, 0.1) is 5.02 Å². The molecule has 0 bridgehead atoms. The fourth-order valence-corrected chi connectivity index (χ4v) is 1.85. The van der Waals surface area contributed by atoms with E-state index in [1.165, 1.54) is 25.2 Å². The van der Waals surface area contributed by atoms with Crippen LogP contribution in [0, 0.1) is 0 Å². The average Bonchev–Trinajstić information content (AvgIpc) is 2.40. The van der Waals surface area contributed by atoms with Gasteiger partial charge in [-0.1, -0.05) is 23.2 Å². The molecule has 4 nitrogen and oxygen atoms in total. The van der Waals surface area contributed by atoms with Crippen molar-refractivity contribution in [1.82, 2.24) is 9.97 Å². The predicted octanol–water partition coefficient (Wildman–Crippen LogP) is 4.64. The first kappa shape index (κ1) is 15.7. The molecule has 0 atom stereocenters. The molecule has 1 N–H and O–H groups in total. The molecule has 0 radical (unpaired) electrons. The number of halogens is 5. The van der Waals surface area contributed by atoms with Gasteiger partial charge in [-0.25, -0.2) is 4.98 Å². The van der Waals surface area contributed by atoms with E-state index >= 15 is 0 Å². The Morgan fingerprint density at radius 2 is 1.86 bits per heavy atom. The molecule has 1 heterocycles. The number of benzene rings is 1. The Morgan fingerprint density at radius 1 is 1.14 bits per heavy atom. The summed E-state index contributed by atoms with van der Waals surface area (Å²) in [5.74, 6) is -0.370. The Kier molecular flexibility index (Phi) is 4.43. The minimum Gasteiger partial charge on any atom is -0.437 e. The molecule has 1 aromatic heterocycles. The van der Waals surface area contributed by atoms with Crippen LogP contribution in [0.25, 0.3) is 0 Å². The summed E-state index contributed by atoms with van der Waals surface area (Å²) in [6.45, 7) is 0. The highest BCUT2D eigenvalue weighted by molar-refractivity contribution is 6.35. The second kappa shape index (κ2) is 5.95. The zero-order valence-electron chi connectivity index (χ0n) is 10.5. The molecule has 1 aromatic carbocycles. The molecule has 0 fully saturated rings. The zero-order valence-corrected chi connectivity index (χ0v) is 12.0. The topological polar surface area (TPSA) is 47.0 Å². The maximum Gasteiger partial charge on any atom is 0.433 e. The van der Waals surface area contributed by atoms with Crippen molar-refractivity contribution in [1.29, 1.82) is 0 Å². The monoisotopic (exact) mass is 337 g/mol. The van der Waals surface area contributed by atoms with E-state index in [9.17, 15) is 13.2 Å². The quantitative estimate of drug-likeness (QED) is 0.886. The molecular formula is C12H8Cl2F3N3O. The van der Waals surface area contributed by atoms with Crippen LogP contribution in [0.3, 0.4) is 0 Å². The van der Waals surface area contributed by atoms with Crippen LogP contribution in [-0.2, 0) is 6.18 Å². The van der Waals surface area contributed by atoms with Gasteiger partial charge in [0, 0.05) is 18.1 Å². The highest BCUT2D eigenvalue weighted by Gasteiger charge is 2.34. The van der Waals surface area contributed by atoms with Crippen LogP contribution in [-0.4, -0.2) is 17.0 Å². The number of ether oxygens (including phenoxy) is 1. The van der Waals surface area contributed by atoms with Crippen molar-refractivity contribution in [2.45, 2.75) is 6.18 Å². The van der Waals surface area contributed by atoms with Crippen LogP contribution in [0.4, 0.5) is 19.1 Å². The van der Waals surface area contributed by atoms with Crippen molar-refractivity contribution in [2.24, 2.45) is 0 Å². The minimum atomic E-state index is -4.61. The molecule has 0 amide bonds. The summed E-state index contributed by atoms with van der Waals surface area (Å²) in [7, 11) is 1.40. The van der Waals surface area contributed by atoms with Gasteiger partial charge in [-0.2, -0.15) is 18.2 Å². The second-order valence-corrected chi connectivity index (χ2v) is 4.68. The summed E-state index contributed by atoms with van der Waals surface area (Å²) in [5, 5.41) is 2.96. The van der Waals surface area contributed by atoms with Crippen LogP contribution in [0.2, 0.25) is 10.0 Å². The standard InChI is InChI=1S/C12H8Cl2F3N3O/c1-18-11-19-9(12(15,16)17)5-10(20-11)21-8-3-2-6(13)4-7(8)14/h2-5H,1H3,(H,18,19,20).